The Labute approximate surface area is 172 Å². The monoisotopic (exact) mass is 411 g/mol. The van der Waals surface area contributed by atoms with Gasteiger partial charge in [0.2, 0.25) is 0 Å². The van der Waals surface area contributed by atoms with Crippen LogP contribution >= 0.6 is 11.3 Å². The maximum absolute atomic E-state index is 12.6. The minimum atomic E-state index is -0.494. The highest BCUT2D eigenvalue weighted by atomic mass is 32.1. The van der Waals surface area contributed by atoms with Crippen LogP contribution in [0, 0.1) is 6.92 Å². The second kappa shape index (κ2) is 9.58. The summed E-state index contributed by atoms with van der Waals surface area (Å²) in [6.45, 7) is 14.0. The van der Waals surface area contributed by atoms with E-state index in [0.29, 0.717) is 23.7 Å². The molecule has 1 fully saturated rings. The molecule has 0 atom stereocenters. The van der Waals surface area contributed by atoms with Gasteiger partial charge >= 0.3 is 12.1 Å². The fourth-order valence-corrected chi connectivity index (χ4v) is 4.27. The first-order valence-corrected chi connectivity index (χ1v) is 10.9. The highest BCUT2D eigenvalue weighted by molar-refractivity contribution is 7.17. The van der Waals surface area contributed by atoms with Gasteiger partial charge in [-0.3, -0.25) is 0 Å². The largest absolute Gasteiger partial charge is 0.462 e. The minimum Gasteiger partial charge on any atom is -0.462 e. The number of esters is 1. The van der Waals surface area contributed by atoms with Crippen LogP contribution in [0.4, 0.5) is 9.93 Å². The molecule has 1 aliphatic heterocycles. The van der Waals surface area contributed by atoms with Gasteiger partial charge < -0.3 is 19.3 Å². The molecule has 8 heteroatoms. The first-order valence-electron chi connectivity index (χ1n) is 10.0. The Bertz CT molecular complexity index is 675. The van der Waals surface area contributed by atoms with E-state index in [1.807, 2.05) is 32.6 Å². The molecule has 0 unspecified atom stereocenters. The molecule has 0 aliphatic carbocycles. The van der Waals surface area contributed by atoms with Crippen molar-refractivity contribution in [3.8, 4) is 0 Å². The molecule has 7 nitrogen and oxygen atoms in total. The van der Waals surface area contributed by atoms with Crippen molar-refractivity contribution in [1.29, 1.82) is 0 Å². The van der Waals surface area contributed by atoms with Gasteiger partial charge in [0, 0.05) is 25.7 Å². The number of thiazole rings is 1. The zero-order chi connectivity index (χ0) is 20.9. The maximum atomic E-state index is 12.6. The van der Waals surface area contributed by atoms with Gasteiger partial charge in [-0.2, -0.15) is 0 Å². The average Bonchev–Trinajstić information content (AvgIpc) is 3.00. The van der Waals surface area contributed by atoms with Gasteiger partial charge in [-0.25, -0.2) is 14.6 Å². The summed E-state index contributed by atoms with van der Waals surface area (Å²) in [5, 5.41) is 0.846. The number of carbonyl (C=O) groups excluding carboxylic acids is 2. The first-order chi connectivity index (χ1) is 13.2. The number of anilines is 1. The standard InChI is InChI=1S/C20H33N3O4S/c1-7-11-23(19(25)27-20(4,5)6)15-9-12-22(13-10-15)18-21-14(3)16(28-18)17(24)26-8-2/h15H,7-13H2,1-6H3. The normalized spacial score (nSPS) is 15.4. The predicted molar refractivity (Wildman–Crippen MR) is 111 cm³/mol. The third kappa shape index (κ3) is 5.83. The molecule has 2 rings (SSSR count). The first kappa shape index (κ1) is 22.5. The zero-order valence-electron chi connectivity index (χ0n) is 17.9. The van der Waals surface area contributed by atoms with Crippen LogP contribution in [-0.4, -0.2) is 59.8 Å². The summed E-state index contributed by atoms with van der Waals surface area (Å²) in [7, 11) is 0. The van der Waals surface area contributed by atoms with E-state index in [0.717, 1.165) is 37.5 Å². The van der Waals surface area contributed by atoms with Crippen LogP contribution in [0.15, 0.2) is 0 Å². The number of hydrogen-bond donors (Lipinski definition) is 0. The molecule has 28 heavy (non-hydrogen) atoms. The Hall–Kier alpha value is -1.83. The van der Waals surface area contributed by atoms with Crippen LogP contribution in [-0.2, 0) is 9.47 Å². The number of rotatable bonds is 6. The number of aromatic nitrogens is 1. The van der Waals surface area contributed by atoms with Crippen LogP contribution in [0.3, 0.4) is 0 Å². The molecule has 1 aliphatic rings. The number of piperidine rings is 1. The third-order valence-corrected chi connectivity index (χ3v) is 5.71. The van der Waals surface area contributed by atoms with E-state index in [-0.39, 0.29) is 18.1 Å². The van der Waals surface area contributed by atoms with Crippen molar-refractivity contribution >= 4 is 28.5 Å². The topological polar surface area (TPSA) is 72.0 Å². The molecule has 1 amide bonds. The van der Waals surface area contributed by atoms with Crippen molar-refractivity contribution < 1.29 is 19.1 Å². The van der Waals surface area contributed by atoms with Crippen molar-refractivity contribution in [2.24, 2.45) is 0 Å². The number of amides is 1. The number of aryl methyl sites for hydroxylation is 1. The zero-order valence-corrected chi connectivity index (χ0v) is 18.7. The highest BCUT2D eigenvalue weighted by Crippen LogP contribution is 2.30. The second-order valence-corrected chi connectivity index (χ2v) is 9.00. The van der Waals surface area contributed by atoms with Crippen molar-refractivity contribution in [3.63, 3.8) is 0 Å². The summed E-state index contributed by atoms with van der Waals surface area (Å²) in [6, 6.07) is 0.164. The number of carbonyl (C=O) groups is 2. The summed E-state index contributed by atoms with van der Waals surface area (Å²) in [5.41, 5.74) is 0.216. The molecular formula is C20H33N3O4S. The number of ether oxygens (including phenoxy) is 2. The van der Waals surface area contributed by atoms with Crippen molar-refractivity contribution in [1.82, 2.24) is 9.88 Å². The number of hydrogen-bond acceptors (Lipinski definition) is 7. The van der Waals surface area contributed by atoms with E-state index in [2.05, 4.69) is 16.8 Å². The lowest BCUT2D eigenvalue weighted by Gasteiger charge is -2.39. The molecular weight excluding hydrogens is 378 g/mol. The van der Waals surface area contributed by atoms with Crippen molar-refractivity contribution in [2.45, 2.75) is 72.4 Å². The molecule has 1 saturated heterocycles. The Kier molecular flexibility index (Phi) is 7.69. The molecule has 0 N–H and O–H groups in total. The van der Waals surface area contributed by atoms with Crippen LogP contribution in [0.5, 0.6) is 0 Å². The summed E-state index contributed by atoms with van der Waals surface area (Å²) >= 11 is 1.38. The Morgan fingerprint density at radius 1 is 1.25 bits per heavy atom. The van der Waals surface area contributed by atoms with Gasteiger partial charge in [-0.15, -0.1) is 0 Å². The van der Waals surface area contributed by atoms with Crippen LogP contribution in [0.25, 0.3) is 0 Å². The molecule has 0 bridgehead atoms. The fourth-order valence-electron chi connectivity index (χ4n) is 3.26. The van der Waals surface area contributed by atoms with Gasteiger partial charge in [-0.1, -0.05) is 18.3 Å². The van der Waals surface area contributed by atoms with Gasteiger partial charge in [-0.05, 0) is 53.9 Å². The quantitative estimate of drug-likeness (QED) is 0.652. The number of nitrogens with zero attached hydrogens (tertiary/aromatic N) is 3. The van der Waals surface area contributed by atoms with Crippen LogP contribution < -0.4 is 4.90 Å². The molecule has 2 heterocycles. The van der Waals surface area contributed by atoms with Gasteiger partial charge in [0.25, 0.3) is 0 Å². The van der Waals surface area contributed by atoms with Gasteiger partial charge in [0.05, 0.1) is 12.3 Å². The van der Waals surface area contributed by atoms with E-state index in [1.165, 1.54) is 11.3 Å². The van der Waals surface area contributed by atoms with E-state index >= 15 is 0 Å². The molecule has 158 valence electrons. The van der Waals surface area contributed by atoms with Crippen molar-refractivity contribution in [3.05, 3.63) is 10.6 Å². The van der Waals surface area contributed by atoms with E-state index in [4.69, 9.17) is 9.47 Å². The SMILES string of the molecule is CCCN(C(=O)OC(C)(C)C)C1CCN(c2nc(C)c(C(=O)OCC)s2)CC1. The Balaban J connectivity index is 2.01. The van der Waals surface area contributed by atoms with Crippen LogP contribution in [0.2, 0.25) is 0 Å². The third-order valence-electron chi connectivity index (χ3n) is 4.51. The smallest absolute Gasteiger partial charge is 0.410 e. The predicted octanol–water partition coefficient (Wildman–Crippen LogP) is 4.24. The van der Waals surface area contributed by atoms with Gasteiger partial charge in [0.1, 0.15) is 10.5 Å². The minimum absolute atomic E-state index is 0.164. The lowest BCUT2D eigenvalue weighted by atomic mass is 10.0. The van der Waals surface area contributed by atoms with E-state index in [9.17, 15) is 9.59 Å². The molecule has 0 saturated carbocycles. The molecule has 0 radical (unpaired) electrons. The second-order valence-electron chi connectivity index (χ2n) is 8.02. The highest BCUT2D eigenvalue weighted by Gasteiger charge is 2.31. The summed E-state index contributed by atoms with van der Waals surface area (Å²) in [6.07, 6.45) is 2.37. The lowest BCUT2D eigenvalue weighted by Crippen LogP contribution is -2.49. The van der Waals surface area contributed by atoms with E-state index < -0.39 is 5.60 Å². The Morgan fingerprint density at radius 2 is 1.89 bits per heavy atom. The van der Waals surface area contributed by atoms with E-state index in [1.54, 1.807) is 6.92 Å². The van der Waals surface area contributed by atoms with Crippen LogP contribution in [0.1, 0.15) is 69.2 Å². The maximum Gasteiger partial charge on any atom is 0.410 e. The fraction of sp³-hybridized carbons (Fsp3) is 0.750. The summed E-state index contributed by atoms with van der Waals surface area (Å²) in [4.78, 5) is 33.8. The van der Waals surface area contributed by atoms with Crippen molar-refractivity contribution in [2.75, 3.05) is 31.1 Å². The molecule has 1 aromatic rings. The average molecular weight is 412 g/mol. The lowest BCUT2D eigenvalue weighted by molar-refractivity contribution is 0.0135. The molecule has 0 spiro atoms. The summed E-state index contributed by atoms with van der Waals surface area (Å²) in [5.74, 6) is -0.308. The summed E-state index contributed by atoms with van der Waals surface area (Å²) < 4.78 is 10.7. The Morgan fingerprint density at radius 3 is 2.43 bits per heavy atom. The molecule has 0 aromatic carbocycles. The van der Waals surface area contributed by atoms with Gasteiger partial charge in [0.15, 0.2) is 5.13 Å². The molecule has 1 aromatic heterocycles.